The standard InChI is InChI=1S/C16H24N4O3.C2HF3O2/c1-22-10-8-19-9-11-23-15-4-7-20(6-3-14(15)19)16(21)13-2-5-17-18-12-13;3-2(4,5)1(6)7/h2,5,12,14-15H,3-4,6-11H2,1H3;(H,6,7)/t14-,15-;/m0./s1. The molecule has 1 aromatic heterocycles. The Kier molecular flexibility index (Phi) is 8.93. The zero-order chi connectivity index (χ0) is 22.1. The molecule has 2 aliphatic heterocycles. The number of rotatable bonds is 4. The van der Waals surface area contributed by atoms with Crippen LogP contribution in [-0.4, -0.2) is 102 Å². The summed E-state index contributed by atoms with van der Waals surface area (Å²) in [5.74, 6) is -2.73. The predicted molar refractivity (Wildman–Crippen MR) is 97.8 cm³/mol. The maximum Gasteiger partial charge on any atom is 0.490 e. The van der Waals surface area contributed by atoms with E-state index < -0.39 is 12.1 Å². The number of nitrogens with zero attached hydrogens (tertiary/aromatic N) is 4. The Bertz CT molecular complexity index is 692. The van der Waals surface area contributed by atoms with Crippen molar-refractivity contribution in [1.82, 2.24) is 20.0 Å². The minimum atomic E-state index is -5.08. The lowest BCUT2D eigenvalue weighted by Crippen LogP contribution is -2.52. The van der Waals surface area contributed by atoms with Crippen molar-refractivity contribution in [3.05, 3.63) is 24.0 Å². The second-order valence-electron chi connectivity index (χ2n) is 6.81. The summed E-state index contributed by atoms with van der Waals surface area (Å²) < 4.78 is 42.9. The van der Waals surface area contributed by atoms with E-state index in [1.54, 1.807) is 19.4 Å². The van der Waals surface area contributed by atoms with Gasteiger partial charge in [0.2, 0.25) is 0 Å². The number of carbonyl (C=O) groups is 2. The molecule has 30 heavy (non-hydrogen) atoms. The average Bonchev–Trinajstić information content (AvgIpc) is 2.95. The van der Waals surface area contributed by atoms with Crippen molar-refractivity contribution < 1.29 is 37.3 Å². The van der Waals surface area contributed by atoms with Gasteiger partial charge in [0.05, 0.1) is 37.3 Å². The van der Waals surface area contributed by atoms with Crippen molar-refractivity contribution in [1.29, 1.82) is 0 Å². The van der Waals surface area contributed by atoms with E-state index in [1.807, 2.05) is 4.90 Å². The average molecular weight is 434 g/mol. The lowest BCUT2D eigenvalue weighted by molar-refractivity contribution is -0.192. The molecule has 1 amide bonds. The molecule has 2 saturated heterocycles. The van der Waals surface area contributed by atoms with Gasteiger partial charge >= 0.3 is 12.1 Å². The van der Waals surface area contributed by atoms with Gasteiger partial charge in [-0.1, -0.05) is 0 Å². The van der Waals surface area contributed by atoms with E-state index in [1.165, 1.54) is 6.20 Å². The monoisotopic (exact) mass is 434 g/mol. The fourth-order valence-corrected chi connectivity index (χ4v) is 3.45. The summed E-state index contributed by atoms with van der Waals surface area (Å²) in [7, 11) is 1.73. The molecule has 0 bridgehead atoms. The van der Waals surface area contributed by atoms with Crippen molar-refractivity contribution in [3.63, 3.8) is 0 Å². The van der Waals surface area contributed by atoms with E-state index in [4.69, 9.17) is 19.4 Å². The molecule has 1 aromatic rings. The lowest BCUT2D eigenvalue weighted by Gasteiger charge is -2.40. The molecule has 0 radical (unpaired) electrons. The molecule has 12 heteroatoms. The highest BCUT2D eigenvalue weighted by molar-refractivity contribution is 5.93. The third-order valence-electron chi connectivity index (χ3n) is 4.93. The fourth-order valence-electron chi connectivity index (χ4n) is 3.45. The Morgan fingerprint density at radius 1 is 1.27 bits per heavy atom. The van der Waals surface area contributed by atoms with E-state index in [-0.39, 0.29) is 12.0 Å². The summed E-state index contributed by atoms with van der Waals surface area (Å²) in [6.07, 6.45) is 0.00744. The molecule has 2 atom stereocenters. The molecule has 0 unspecified atom stereocenters. The van der Waals surface area contributed by atoms with Crippen LogP contribution in [0.3, 0.4) is 0 Å². The number of likely N-dealkylation sites (tertiary alicyclic amines) is 1. The second kappa shape index (κ2) is 11.2. The van der Waals surface area contributed by atoms with Crippen LogP contribution in [0.25, 0.3) is 0 Å². The second-order valence-corrected chi connectivity index (χ2v) is 6.81. The SMILES string of the molecule is COCCN1CCO[C@H]2CCN(C(=O)c3ccnnc3)CC[C@@H]21.O=C(O)C(F)(F)F. The highest BCUT2D eigenvalue weighted by atomic mass is 19.4. The van der Waals surface area contributed by atoms with E-state index >= 15 is 0 Å². The Morgan fingerprint density at radius 3 is 2.57 bits per heavy atom. The van der Waals surface area contributed by atoms with Crippen LogP contribution in [0.2, 0.25) is 0 Å². The molecule has 1 N–H and O–H groups in total. The van der Waals surface area contributed by atoms with E-state index in [9.17, 15) is 18.0 Å². The summed E-state index contributed by atoms with van der Waals surface area (Å²) in [5.41, 5.74) is 0.599. The first-order valence-electron chi connectivity index (χ1n) is 9.44. The van der Waals surface area contributed by atoms with Crippen LogP contribution >= 0.6 is 0 Å². The van der Waals surface area contributed by atoms with Gasteiger partial charge in [0.25, 0.3) is 5.91 Å². The number of halogens is 3. The number of aliphatic carboxylic acids is 1. The normalized spacial score (nSPS) is 22.3. The van der Waals surface area contributed by atoms with Crippen LogP contribution in [0.4, 0.5) is 13.2 Å². The summed E-state index contributed by atoms with van der Waals surface area (Å²) in [4.78, 5) is 25.8. The van der Waals surface area contributed by atoms with Crippen LogP contribution in [-0.2, 0) is 14.3 Å². The number of alkyl halides is 3. The highest BCUT2D eigenvalue weighted by Gasteiger charge is 2.38. The smallest absolute Gasteiger partial charge is 0.475 e. The van der Waals surface area contributed by atoms with Gasteiger partial charge in [-0.15, -0.1) is 0 Å². The van der Waals surface area contributed by atoms with Crippen LogP contribution < -0.4 is 0 Å². The molecule has 168 valence electrons. The summed E-state index contributed by atoms with van der Waals surface area (Å²) in [6, 6.07) is 2.08. The largest absolute Gasteiger partial charge is 0.490 e. The van der Waals surface area contributed by atoms with Crippen LogP contribution in [0.15, 0.2) is 18.5 Å². The number of carboxylic acid groups (broad SMARTS) is 1. The minimum absolute atomic E-state index is 0.0296. The van der Waals surface area contributed by atoms with Gasteiger partial charge in [0, 0.05) is 39.3 Å². The van der Waals surface area contributed by atoms with Gasteiger partial charge in [-0.3, -0.25) is 9.69 Å². The zero-order valence-electron chi connectivity index (χ0n) is 16.5. The van der Waals surface area contributed by atoms with Gasteiger partial charge in [-0.05, 0) is 18.9 Å². The number of methoxy groups -OCH3 is 1. The van der Waals surface area contributed by atoms with Crippen LogP contribution in [0.5, 0.6) is 0 Å². The quantitative estimate of drug-likeness (QED) is 0.750. The first-order valence-corrected chi connectivity index (χ1v) is 9.44. The molecule has 0 spiro atoms. The maximum atomic E-state index is 12.6. The minimum Gasteiger partial charge on any atom is -0.475 e. The summed E-state index contributed by atoms with van der Waals surface area (Å²) >= 11 is 0. The first kappa shape index (κ1) is 24.0. The third kappa shape index (κ3) is 6.89. The first-order chi connectivity index (χ1) is 14.2. The number of hydrogen-bond donors (Lipinski definition) is 1. The molecule has 0 aromatic carbocycles. The Balaban J connectivity index is 0.000000396. The number of carboxylic acids is 1. The topological polar surface area (TPSA) is 105 Å². The van der Waals surface area contributed by atoms with Crippen molar-refractivity contribution in [2.45, 2.75) is 31.2 Å². The maximum absolute atomic E-state index is 12.6. The molecule has 2 fully saturated rings. The van der Waals surface area contributed by atoms with Crippen molar-refractivity contribution in [2.75, 3.05) is 46.5 Å². The molecule has 9 nitrogen and oxygen atoms in total. The van der Waals surface area contributed by atoms with Crippen LogP contribution in [0.1, 0.15) is 23.2 Å². The van der Waals surface area contributed by atoms with Gasteiger partial charge in [-0.2, -0.15) is 23.4 Å². The van der Waals surface area contributed by atoms with Crippen molar-refractivity contribution >= 4 is 11.9 Å². The van der Waals surface area contributed by atoms with Gasteiger partial charge in [-0.25, -0.2) is 4.79 Å². The number of fused-ring (bicyclic) bond motifs is 1. The summed E-state index contributed by atoms with van der Waals surface area (Å²) in [6.45, 7) is 4.81. The molecule has 3 heterocycles. The molecular formula is C18H25F3N4O5. The molecule has 0 aliphatic carbocycles. The molecule has 0 saturated carbocycles. The van der Waals surface area contributed by atoms with Gasteiger partial charge in [0.1, 0.15) is 0 Å². The van der Waals surface area contributed by atoms with Crippen LogP contribution in [0, 0.1) is 0 Å². The third-order valence-corrected chi connectivity index (χ3v) is 4.93. The van der Waals surface area contributed by atoms with Crippen molar-refractivity contribution in [2.24, 2.45) is 0 Å². The fraction of sp³-hybridized carbons (Fsp3) is 0.667. The Labute approximate surface area is 171 Å². The van der Waals surface area contributed by atoms with Gasteiger partial charge in [0.15, 0.2) is 0 Å². The van der Waals surface area contributed by atoms with E-state index in [2.05, 4.69) is 15.1 Å². The van der Waals surface area contributed by atoms with Crippen molar-refractivity contribution in [3.8, 4) is 0 Å². The number of hydrogen-bond acceptors (Lipinski definition) is 7. The number of amides is 1. The number of ether oxygens (including phenoxy) is 2. The number of morpholine rings is 1. The predicted octanol–water partition coefficient (Wildman–Crippen LogP) is 1.06. The lowest BCUT2D eigenvalue weighted by atomic mass is 10.0. The van der Waals surface area contributed by atoms with E-state index in [0.717, 1.165) is 52.2 Å². The highest BCUT2D eigenvalue weighted by Crippen LogP contribution is 2.24. The Morgan fingerprint density at radius 2 is 1.97 bits per heavy atom. The molecule has 3 rings (SSSR count). The Hall–Kier alpha value is -2.31. The van der Waals surface area contributed by atoms with Gasteiger partial charge < -0.3 is 19.5 Å². The number of carbonyl (C=O) groups excluding carboxylic acids is 1. The molecule has 2 aliphatic rings. The zero-order valence-corrected chi connectivity index (χ0v) is 16.5. The molecular weight excluding hydrogens is 409 g/mol. The number of aromatic nitrogens is 2. The van der Waals surface area contributed by atoms with E-state index in [0.29, 0.717) is 11.6 Å². The summed E-state index contributed by atoms with van der Waals surface area (Å²) in [5, 5.41) is 14.7.